The molecule has 0 spiro atoms. The molecule has 1 atom stereocenters. The van der Waals surface area contributed by atoms with Gasteiger partial charge in [0.15, 0.2) is 5.82 Å². The number of hydrogen-bond donors (Lipinski definition) is 2. The molecular weight excluding hydrogens is 359 g/mol. The third kappa shape index (κ3) is 3.19. The van der Waals surface area contributed by atoms with Crippen LogP contribution in [0.2, 0.25) is 0 Å². The molecule has 0 saturated heterocycles. The van der Waals surface area contributed by atoms with Gasteiger partial charge in [-0.15, -0.1) is 11.3 Å². The summed E-state index contributed by atoms with van der Waals surface area (Å²) in [7, 11) is 0. The molecule has 6 heteroatoms. The van der Waals surface area contributed by atoms with Gasteiger partial charge in [0.2, 0.25) is 0 Å². The largest absolute Gasteiger partial charge is 0.389 e. The van der Waals surface area contributed by atoms with E-state index in [-0.39, 0.29) is 16.8 Å². The summed E-state index contributed by atoms with van der Waals surface area (Å²) in [6.07, 6.45) is 0.870. The van der Waals surface area contributed by atoms with Crippen LogP contribution in [0.5, 0.6) is 0 Å². The first kappa shape index (κ1) is 15.4. The zero-order chi connectivity index (χ0) is 14.7. The molecule has 2 aromatic rings. The van der Waals surface area contributed by atoms with Gasteiger partial charge in [-0.2, -0.15) is 0 Å². The molecular formula is C14H14BrFN2S2. The first-order chi connectivity index (χ1) is 9.54. The van der Waals surface area contributed by atoms with Crippen molar-refractivity contribution in [2.75, 3.05) is 5.32 Å². The van der Waals surface area contributed by atoms with Crippen LogP contribution in [0.3, 0.4) is 0 Å². The summed E-state index contributed by atoms with van der Waals surface area (Å²) in [6.45, 7) is 2.06. The van der Waals surface area contributed by atoms with Crippen molar-refractivity contribution in [3.05, 3.63) is 50.4 Å². The molecule has 2 rings (SSSR count). The fourth-order valence-corrected chi connectivity index (χ4v) is 3.62. The zero-order valence-electron chi connectivity index (χ0n) is 10.8. The van der Waals surface area contributed by atoms with Crippen LogP contribution in [0.15, 0.2) is 34.1 Å². The Morgan fingerprint density at radius 3 is 2.80 bits per heavy atom. The molecule has 0 radical (unpaired) electrons. The summed E-state index contributed by atoms with van der Waals surface area (Å²) in [6, 6.07) is 7.52. The van der Waals surface area contributed by atoms with E-state index in [1.807, 2.05) is 17.5 Å². The third-order valence-electron chi connectivity index (χ3n) is 2.97. The Balaban J connectivity index is 2.30. The molecule has 106 valence electrons. The van der Waals surface area contributed by atoms with E-state index in [9.17, 15) is 4.39 Å². The van der Waals surface area contributed by atoms with Crippen molar-refractivity contribution < 1.29 is 4.39 Å². The molecule has 2 nitrogen and oxygen atoms in total. The van der Waals surface area contributed by atoms with E-state index in [0.717, 1.165) is 6.42 Å². The normalized spacial score (nSPS) is 12.2. The summed E-state index contributed by atoms with van der Waals surface area (Å²) in [5.74, 6) is -0.370. The summed E-state index contributed by atoms with van der Waals surface area (Å²) in [5.41, 5.74) is 6.50. The quantitative estimate of drug-likeness (QED) is 0.736. The average molecular weight is 373 g/mol. The molecule has 1 aromatic heterocycles. The van der Waals surface area contributed by atoms with Gasteiger partial charge < -0.3 is 11.1 Å². The van der Waals surface area contributed by atoms with Crippen LogP contribution in [0.25, 0.3) is 0 Å². The van der Waals surface area contributed by atoms with Crippen LogP contribution >= 0.6 is 39.5 Å². The molecule has 20 heavy (non-hydrogen) atoms. The minimum absolute atomic E-state index is 0.0899. The molecule has 0 aliphatic rings. The van der Waals surface area contributed by atoms with E-state index in [1.54, 1.807) is 23.5 Å². The highest BCUT2D eigenvalue weighted by atomic mass is 79.9. The van der Waals surface area contributed by atoms with E-state index < -0.39 is 0 Å². The van der Waals surface area contributed by atoms with Crippen LogP contribution < -0.4 is 11.1 Å². The highest BCUT2D eigenvalue weighted by Crippen LogP contribution is 2.31. The summed E-state index contributed by atoms with van der Waals surface area (Å²) in [5, 5.41) is 5.24. The minimum Gasteiger partial charge on any atom is -0.389 e. The lowest BCUT2D eigenvalue weighted by Crippen LogP contribution is -2.13. The second-order valence-electron chi connectivity index (χ2n) is 4.27. The predicted molar refractivity (Wildman–Crippen MR) is 91.0 cm³/mol. The standard InChI is InChI=1S/C14H14BrFN2S2/c1-2-9(11-4-3-7-20-11)18-10-6-5-8(14(17)19)12(15)13(10)16/h3-7,9,18H,2H2,1H3,(H2,17,19). The fourth-order valence-electron chi connectivity index (χ4n) is 1.90. The van der Waals surface area contributed by atoms with Gasteiger partial charge in [-0.3, -0.25) is 0 Å². The fraction of sp³-hybridized carbons (Fsp3) is 0.214. The molecule has 0 amide bonds. The predicted octanol–water partition coefficient (Wildman–Crippen LogP) is 4.85. The highest BCUT2D eigenvalue weighted by molar-refractivity contribution is 9.10. The molecule has 1 heterocycles. The monoisotopic (exact) mass is 372 g/mol. The number of thiophene rings is 1. The molecule has 1 aromatic carbocycles. The molecule has 3 N–H and O–H groups in total. The number of halogens is 2. The number of anilines is 1. The Hall–Kier alpha value is -0.980. The van der Waals surface area contributed by atoms with Crippen molar-refractivity contribution in [3.8, 4) is 0 Å². The Bertz CT molecular complexity index is 614. The maximum Gasteiger partial charge on any atom is 0.161 e. The van der Waals surface area contributed by atoms with Crippen LogP contribution in [-0.2, 0) is 0 Å². The molecule has 0 aliphatic carbocycles. The minimum atomic E-state index is -0.370. The maximum atomic E-state index is 14.3. The van der Waals surface area contributed by atoms with Crippen LogP contribution in [0.4, 0.5) is 10.1 Å². The van der Waals surface area contributed by atoms with Crippen molar-refractivity contribution in [2.45, 2.75) is 19.4 Å². The number of thiocarbonyl (C=S) groups is 1. The van der Waals surface area contributed by atoms with Gasteiger partial charge >= 0.3 is 0 Å². The van der Waals surface area contributed by atoms with Crippen LogP contribution in [0.1, 0.15) is 29.8 Å². The molecule has 0 fully saturated rings. The zero-order valence-corrected chi connectivity index (χ0v) is 14.0. The number of rotatable bonds is 5. The first-order valence-corrected chi connectivity index (χ1v) is 8.20. The maximum absolute atomic E-state index is 14.3. The van der Waals surface area contributed by atoms with Crippen molar-refractivity contribution in [2.24, 2.45) is 5.73 Å². The summed E-state index contributed by atoms with van der Waals surface area (Å²) in [4.78, 5) is 1.36. The van der Waals surface area contributed by atoms with Gasteiger partial charge in [-0.05, 0) is 45.9 Å². The molecule has 1 unspecified atom stereocenters. The summed E-state index contributed by atoms with van der Waals surface area (Å²) >= 11 is 9.76. The second-order valence-corrected chi connectivity index (χ2v) is 6.49. The summed E-state index contributed by atoms with van der Waals surface area (Å²) < 4.78 is 14.6. The smallest absolute Gasteiger partial charge is 0.161 e. The SMILES string of the molecule is CCC(Nc1ccc(C(N)=S)c(Br)c1F)c1cccs1. The lowest BCUT2D eigenvalue weighted by Gasteiger charge is -2.18. The number of nitrogens with one attached hydrogen (secondary N) is 1. The first-order valence-electron chi connectivity index (χ1n) is 6.12. The van der Waals surface area contributed by atoms with E-state index in [2.05, 4.69) is 28.2 Å². The molecule has 0 saturated carbocycles. The molecule has 0 bridgehead atoms. The van der Waals surface area contributed by atoms with Gasteiger partial charge in [0, 0.05) is 10.4 Å². The van der Waals surface area contributed by atoms with E-state index in [4.69, 9.17) is 18.0 Å². The average Bonchev–Trinajstić information content (AvgIpc) is 2.94. The Morgan fingerprint density at radius 2 is 2.25 bits per heavy atom. The van der Waals surface area contributed by atoms with Gasteiger partial charge in [-0.1, -0.05) is 25.2 Å². The van der Waals surface area contributed by atoms with E-state index >= 15 is 0 Å². The van der Waals surface area contributed by atoms with E-state index in [1.165, 1.54) is 4.88 Å². The van der Waals surface area contributed by atoms with Gasteiger partial charge in [0.05, 0.1) is 16.2 Å². The Kier molecular flexibility index (Phi) is 5.12. The Morgan fingerprint density at radius 1 is 1.50 bits per heavy atom. The van der Waals surface area contributed by atoms with E-state index in [0.29, 0.717) is 15.7 Å². The van der Waals surface area contributed by atoms with Crippen LogP contribution in [0, 0.1) is 5.82 Å². The third-order valence-corrected chi connectivity index (χ3v) is 4.95. The number of hydrogen-bond acceptors (Lipinski definition) is 3. The van der Waals surface area contributed by atoms with Gasteiger partial charge in [0.25, 0.3) is 0 Å². The topological polar surface area (TPSA) is 38.0 Å². The molecule has 0 aliphatic heterocycles. The lowest BCUT2D eigenvalue weighted by molar-refractivity contribution is 0.618. The van der Waals surface area contributed by atoms with Gasteiger partial charge in [0.1, 0.15) is 4.99 Å². The van der Waals surface area contributed by atoms with Crippen LogP contribution in [-0.4, -0.2) is 4.99 Å². The number of benzene rings is 1. The van der Waals surface area contributed by atoms with Crippen molar-refractivity contribution in [1.82, 2.24) is 0 Å². The second kappa shape index (κ2) is 6.65. The Labute approximate surface area is 135 Å². The van der Waals surface area contributed by atoms with Gasteiger partial charge in [-0.25, -0.2) is 4.39 Å². The lowest BCUT2D eigenvalue weighted by atomic mass is 10.1. The van der Waals surface area contributed by atoms with Crippen molar-refractivity contribution in [1.29, 1.82) is 0 Å². The van der Waals surface area contributed by atoms with Crippen molar-refractivity contribution >= 4 is 50.2 Å². The highest BCUT2D eigenvalue weighted by Gasteiger charge is 2.16. The van der Waals surface area contributed by atoms with Crippen molar-refractivity contribution in [3.63, 3.8) is 0 Å². The number of nitrogens with two attached hydrogens (primary N) is 1.